The lowest BCUT2D eigenvalue weighted by molar-refractivity contribution is 0.0953. The Bertz CT molecular complexity index is 1030. The highest BCUT2D eigenvalue weighted by molar-refractivity contribution is 6.05. The molecule has 0 heterocycles. The van der Waals surface area contributed by atoms with Crippen LogP contribution in [0, 0.1) is 6.92 Å². The molecule has 0 fully saturated rings. The first-order valence-electron chi connectivity index (χ1n) is 9.01. The first kappa shape index (κ1) is 19.8. The number of amides is 2. The van der Waals surface area contributed by atoms with Crippen molar-refractivity contribution < 1.29 is 14.3 Å². The van der Waals surface area contributed by atoms with Gasteiger partial charge in [-0.2, -0.15) is 5.10 Å². The molecule has 0 aliphatic heterocycles. The first-order chi connectivity index (χ1) is 14.0. The van der Waals surface area contributed by atoms with E-state index in [0.717, 1.165) is 16.9 Å². The summed E-state index contributed by atoms with van der Waals surface area (Å²) in [7, 11) is 1.60. The molecule has 0 saturated heterocycles. The second-order valence-corrected chi connectivity index (χ2v) is 6.37. The van der Waals surface area contributed by atoms with Gasteiger partial charge in [-0.3, -0.25) is 9.59 Å². The number of aryl methyl sites for hydroxylation is 1. The summed E-state index contributed by atoms with van der Waals surface area (Å²) in [6.07, 6.45) is 1.54. The monoisotopic (exact) mass is 387 g/mol. The van der Waals surface area contributed by atoms with Gasteiger partial charge in [-0.15, -0.1) is 0 Å². The van der Waals surface area contributed by atoms with Gasteiger partial charge in [-0.1, -0.05) is 23.8 Å². The van der Waals surface area contributed by atoms with E-state index < -0.39 is 0 Å². The second-order valence-electron chi connectivity index (χ2n) is 6.37. The van der Waals surface area contributed by atoms with Crippen molar-refractivity contribution in [1.82, 2.24) is 5.43 Å². The highest BCUT2D eigenvalue weighted by Gasteiger charge is 2.09. The maximum absolute atomic E-state index is 12.3. The number of ether oxygens (including phenoxy) is 1. The van der Waals surface area contributed by atoms with E-state index in [1.165, 1.54) is 0 Å². The molecule has 0 aliphatic carbocycles. The number of hydrazone groups is 1. The van der Waals surface area contributed by atoms with Crippen molar-refractivity contribution in [2.24, 2.45) is 5.10 Å². The zero-order valence-electron chi connectivity index (χ0n) is 16.2. The van der Waals surface area contributed by atoms with Crippen LogP contribution in [0.1, 0.15) is 31.8 Å². The molecule has 6 heteroatoms. The lowest BCUT2D eigenvalue weighted by Crippen LogP contribution is -2.18. The average molecular weight is 387 g/mol. The van der Waals surface area contributed by atoms with Crippen LogP contribution in [0.2, 0.25) is 0 Å². The number of nitrogens with zero attached hydrogens (tertiary/aromatic N) is 1. The van der Waals surface area contributed by atoms with Gasteiger partial charge in [0.15, 0.2) is 0 Å². The number of nitrogens with one attached hydrogen (secondary N) is 2. The number of carbonyl (C=O) groups excluding carboxylic acids is 2. The molecule has 0 bridgehead atoms. The van der Waals surface area contributed by atoms with E-state index in [1.54, 1.807) is 49.7 Å². The summed E-state index contributed by atoms with van der Waals surface area (Å²) in [6, 6.07) is 21.2. The molecular weight excluding hydrogens is 366 g/mol. The van der Waals surface area contributed by atoms with E-state index in [1.807, 2.05) is 43.3 Å². The minimum Gasteiger partial charge on any atom is -0.497 e. The number of benzene rings is 3. The van der Waals surface area contributed by atoms with Gasteiger partial charge < -0.3 is 10.1 Å². The van der Waals surface area contributed by atoms with Crippen LogP contribution >= 0.6 is 0 Å². The number of hydrogen-bond acceptors (Lipinski definition) is 4. The van der Waals surface area contributed by atoms with Crippen molar-refractivity contribution in [3.63, 3.8) is 0 Å². The standard InChI is InChI=1S/C23H21N3O3/c1-16-6-10-18(11-7-16)22(27)25-20-5-3-4-19(14-20)23(28)26-24-15-17-8-12-21(29-2)13-9-17/h3-15H,1-2H3,(H,25,27)(H,26,28)/b24-15-. The van der Waals surface area contributed by atoms with Crippen LogP contribution < -0.4 is 15.5 Å². The van der Waals surface area contributed by atoms with Crippen molar-refractivity contribution in [1.29, 1.82) is 0 Å². The second kappa shape index (κ2) is 9.32. The van der Waals surface area contributed by atoms with E-state index >= 15 is 0 Å². The van der Waals surface area contributed by atoms with Crippen molar-refractivity contribution in [3.05, 3.63) is 95.1 Å². The van der Waals surface area contributed by atoms with Crippen LogP contribution in [-0.4, -0.2) is 25.1 Å². The van der Waals surface area contributed by atoms with Crippen LogP contribution in [0.25, 0.3) is 0 Å². The normalized spacial score (nSPS) is 10.6. The van der Waals surface area contributed by atoms with Crippen molar-refractivity contribution >= 4 is 23.7 Å². The minimum absolute atomic E-state index is 0.236. The Kier molecular flexibility index (Phi) is 6.37. The van der Waals surface area contributed by atoms with Gasteiger partial charge >= 0.3 is 0 Å². The summed E-state index contributed by atoms with van der Waals surface area (Å²) < 4.78 is 5.10. The zero-order chi connectivity index (χ0) is 20.6. The van der Waals surface area contributed by atoms with Gasteiger partial charge in [0.2, 0.25) is 0 Å². The first-order valence-corrected chi connectivity index (χ1v) is 9.01. The lowest BCUT2D eigenvalue weighted by Gasteiger charge is -2.07. The number of methoxy groups -OCH3 is 1. The Morgan fingerprint density at radius 2 is 1.62 bits per heavy atom. The Hall–Kier alpha value is -3.93. The van der Waals surface area contributed by atoms with Gasteiger partial charge in [0.05, 0.1) is 13.3 Å². The van der Waals surface area contributed by atoms with Crippen LogP contribution in [0.4, 0.5) is 5.69 Å². The molecule has 2 amide bonds. The van der Waals surface area contributed by atoms with Crippen molar-refractivity contribution in [2.45, 2.75) is 6.92 Å². The van der Waals surface area contributed by atoms with Crippen molar-refractivity contribution in [2.75, 3.05) is 12.4 Å². The molecule has 6 nitrogen and oxygen atoms in total. The highest BCUT2D eigenvalue weighted by atomic mass is 16.5. The van der Waals surface area contributed by atoms with Crippen LogP contribution in [-0.2, 0) is 0 Å². The molecule has 3 rings (SSSR count). The third-order valence-electron chi connectivity index (χ3n) is 4.19. The van der Waals surface area contributed by atoms with Crippen LogP contribution in [0.3, 0.4) is 0 Å². The fourth-order valence-corrected chi connectivity index (χ4v) is 2.57. The molecule has 146 valence electrons. The van der Waals surface area contributed by atoms with Gasteiger partial charge in [-0.25, -0.2) is 5.43 Å². The van der Waals surface area contributed by atoms with Gasteiger partial charge in [0.1, 0.15) is 5.75 Å². The lowest BCUT2D eigenvalue weighted by atomic mass is 10.1. The Morgan fingerprint density at radius 1 is 0.897 bits per heavy atom. The van der Waals surface area contributed by atoms with E-state index in [9.17, 15) is 9.59 Å². The maximum Gasteiger partial charge on any atom is 0.271 e. The van der Waals surface area contributed by atoms with E-state index in [0.29, 0.717) is 16.8 Å². The van der Waals surface area contributed by atoms with Crippen molar-refractivity contribution in [3.8, 4) is 5.75 Å². The molecule has 3 aromatic rings. The molecular formula is C23H21N3O3. The molecule has 0 aliphatic rings. The van der Waals surface area contributed by atoms with Gasteiger partial charge in [0, 0.05) is 16.8 Å². The summed E-state index contributed by atoms with van der Waals surface area (Å²) in [6.45, 7) is 1.96. The topological polar surface area (TPSA) is 79.8 Å². The number of hydrogen-bond donors (Lipinski definition) is 2. The van der Waals surface area contributed by atoms with Gasteiger partial charge in [0.25, 0.3) is 11.8 Å². The molecule has 0 atom stereocenters. The fraction of sp³-hybridized carbons (Fsp3) is 0.0870. The van der Waals surface area contributed by atoms with E-state index in [2.05, 4.69) is 15.8 Å². The number of rotatable bonds is 6. The third kappa shape index (κ3) is 5.52. The zero-order valence-corrected chi connectivity index (χ0v) is 16.2. The maximum atomic E-state index is 12.3. The largest absolute Gasteiger partial charge is 0.497 e. The Labute approximate surface area is 169 Å². The molecule has 0 spiro atoms. The molecule has 29 heavy (non-hydrogen) atoms. The third-order valence-corrected chi connectivity index (χ3v) is 4.19. The molecule has 3 aromatic carbocycles. The summed E-state index contributed by atoms with van der Waals surface area (Å²) in [5, 5.41) is 6.76. The molecule has 0 radical (unpaired) electrons. The Morgan fingerprint density at radius 3 is 2.31 bits per heavy atom. The summed E-state index contributed by atoms with van der Waals surface area (Å²) >= 11 is 0. The fourth-order valence-electron chi connectivity index (χ4n) is 2.57. The highest BCUT2D eigenvalue weighted by Crippen LogP contribution is 2.13. The Balaban J connectivity index is 1.61. The predicted molar refractivity (Wildman–Crippen MR) is 114 cm³/mol. The molecule has 2 N–H and O–H groups in total. The minimum atomic E-state index is -0.374. The smallest absolute Gasteiger partial charge is 0.271 e. The predicted octanol–water partition coefficient (Wildman–Crippen LogP) is 4.02. The average Bonchev–Trinajstić information content (AvgIpc) is 2.75. The molecule has 0 saturated carbocycles. The van der Waals surface area contributed by atoms with E-state index in [4.69, 9.17) is 4.74 Å². The molecule has 0 aromatic heterocycles. The summed E-state index contributed by atoms with van der Waals surface area (Å²) in [5.41, 5.74) is 5.85. The number of carbonyl (C=O) groups is 2. The van der Waals surface area contributed by atoms with Crippen LogP contribution in [0.15, 0.2) is 77.9 Å². The molecule has 0 unspecified atom stereocenters. The summed E-state index contributed by atoms with van der Waals surface area (Å²) in [5.74, 6) is 0.136. The SMILES string of the molecule is COc1ccc(/C=N\NC(=O)c2cccc(NC(=O)c3ccc(C)cc3)c2)cc1. The number of anilines is 1. The quantitative estimate of drug-likeness (QED) is 0.495. The summed E-state index contributed by atoms with van der Waals surface area (Å²) in [4.78, 5) is 24.7. The van der Waals surface area contributed by atoms with Crippen LogP contribution in [0.5, 0.6) is 5.75 Å². The van der Waals surface area contributed by atoms with E-state index in [-0.39, 0.29) is 11.8 Å². The van der Waals surface area contributed by atoms with Gasteiger partial charge in [-0.05, 0) is 67.1 Å².